The summed E-state index contributed by atoms with van der Waals surface area (Å²) < 4.78 is 0. The molecule has 0 aliphatic heterocycles. The molecule has 4 N–H and O–H groups in total. The third-order valence-corrected chi connectivity index (χ3v) is 3.23. The molecule has 0 radical (unpaired) electrons. The maximum absolute atomic E-state index is 11.9. The van der Waals surface area contributed by atoms with Crippen molar-refractivity contribution in [3.8, 4) is 0 Å². The fraction of sp³-hybridized carbons (Fsp3) is 0.467. The molecule has 5 nitrogen and oxygen atoms in total. The molecule has 20 heavy (non-hydrogen) atoms. The van der Waals surface area contributed by atoms with Crippen LogP contribution < -0.4 is 11.1 Å². The molecule has 0 saturated carbocycles. The number of carbonyl (C=O) groups is 2. The van der Waals surface area contributed by atoms with E-state index in [2.05, 4.69) is 5.32 Å². The zero-order chi connectivity index (χ0) is 15.4. The first-order chi connectivity index (χ1) is 9.22. The molecule has 0 saturated heterocycles. The van der Waals surface area contributed by atoms with Crippen LogP contribution in [0.3, 0.4) is 0 Å². The highest BCUT2D eigenvalue weighted by molar-refractivity contribution is 5.97. The fourth-order valence-corrected chi connectivity index (χ4v) is 2.00. The Morgan fingerprint density at radius 2 is 1.90 bits per heavy atom. The van der Waals surface area contributed by atoms with Crippen LogP contribution in [0.25, 0.3) is 0 Å². The van der Waals surface area contributed by atoms with Gasteiger partial charge in [-0.25, -0.2) is 4.79 Å². The number of aryl methyl sites for hydroxylation is 1. The van der Waals surface area contributed by atoms with Crippen molar-refractivity contribution in [2.75, 3.05) is 5.32 Å². The average molecular weight is 278 g/mol. The highest BCUT2D eigenvalue weighted by Crippen LogP contribution is 2.20. The Balaban J connectivity index is 2.93. The van der Waals surface area contributed by atoms with Crippen LogP contribution in [-0.2, 0) is 4.79 Å². The second kappa shape index (κ2) is 6.52. The Labute approximate surface area is 119 Å². The summed E-state index contributed by atoms with van der Waals surface area (Å²) in [7, 11) is 0. The van der Waals surface area contributed by atoms with E-state index in [4.69, 9.17) is 10.8 Å². The van der Waals surface area contributed by atoms with Gasteiger partial charge in [-0.1, -0.05) is 13.8 Å². The second-order valence-electron chi connectivity index (χ2n) is 5.50. The Morgan fingerprint density at radius 3 is 2.40 bits per heavy atom. The first kappa shape index (κ1) is 16.2. The van der Waals surface area contributed by atoms with E-state index in [1.165, 1.54) is 6.07 Å². The van der Waals surface area contributed by atoms with Crippen molar-refractivity contribution in [1.82, 2.24) is 0 Å². The predicted octanol–water partition coefficient (Wildman–Crippen LogP) is 2.31. The van der Waals surface area contributed by atoms with Gasteiger partial charge in [0, 0.05) is 5.69 Å². The van der Waals surface area contributed by atoms with Crippen LogP contribution in [0.15, 0.2) is 12.1 Å². The minimum atomic E-state index is -1.01. The topological polar surface area (TPSA) is 92.4 Å². The zero-order valence-electron chi connectivity index (χ0n) is 12.4. The fourth-order valence-electron chi connectivity index (χ4n) is 2.00. The first-order valence-electron chi connectivity index (χ1n) is 6.63. The third-order valence-electron chi connectivity index (χ3n) is 3.23. The number of nitrogens with two attached hydrogens (primary N) is 1. The molecular weight excluding hydrogens is 256 g/mol. The number of hydrogen-bond acceptors (Lipinski definition) is 3. The molecule has 1 rings (SSSR count). The lowest BCUT2D eigenvalue weighted by molar-refractivity contribution is -0.117. The maximum Gasteiger partial charge on any atom is 0.336 e. The van der Waals surface area contributed by atoms with Gasteiger partial charge in [0.15, 0.2) is 0 Å². The number of anilines is 1. The SMILES string of the molecule is Cc1cc(NC(=O)C(N)CC(C)C)cc(C(=O)O)c1C. The highest BCUT2D eigenvalue weighted by Gasteiger charge is 2.17. The quantitative estimate of drug-likeness (QED) is 0.770. The lowest BCUT2D eigenvalue weighted by Gasteiger charge is -2.15. The molecule has 0 aliphatic carbocycles. The standard InChI is InChI=1S/C15H22N2O3/c1-8(2)5-13(16)14(18)17-11-6-9(3)10(4)12(7-11)15(19)20/h6-8,13H,5,16H2,1-4H3,(H,17,18)(H,19,20). The third kappa shape index (κ3) is 4.06. The van der Waals surface area contributed by atoms with Crippen LogP contribution in [0, 0.1) is 19.8 Å². The van der Waals surface area contributed by atoms with Crippen LogP contribution in [0.2, 0.25) is 0 Å². The molecule has 110 valence electrons. The monoisotopic (exact) mass is 278 g/mol. The summed E-state index contributed by atoms with van der Waals surface area (Å²) in [5, 5.41) is 11.8. The van der Waals surface area contributed by atoms with Crippen LogP contribution >= 0.6 is 0 Å². The number of aromatic carboxylic acids is 1. The molecule has 1 aromatic rings. The van der Waals surface area contributed by atoms with E-state index in [1.807, 2.05) is 20.8 Å². The van der Waals surface area contributed by atoms with Crippen LogP contribution in [0.4, 0.5) is 5.69 Å². The van der Waals surface area contributed by atoms with Gasteiger partial charge in [0.1, 0.15) is 0 Å². The number of carboxylic acid groups (broad SMARTS) is 1. The Morgan fingerprint density at radius 1 is 1.30 bits per heavy atom. The van der Waals surface area contributed by atoms with Crippen molar-refractivity contribution in [2.24, 2.45) is 11.7 Å². The van der Waals surface area contributed by atoms with Crippen molar-refractivity contribution in [1.29, 1.82) is 0 Å². The van der Waals surface area contributed by atoms with Gasteiger partial charge in [-0.05, 0) is 49.4 Å². The van der Waals surface area contributed by atoms with Crippen molar-refractivity contribution < 1.29 is 14.7 Å². The molecule has 1 aromatic carbocycles. The molecule has 0 heterocycles. The average Bonchev–Trinajstić information content (AvgIpc) is 2.32. The highest BCUT2D eigenvalue weighted by atomic mass is 16.4. The Hall–Kier alpha value is -1.88. The summed E-state index contributed by atoms with van der Waals surface area (Å²) in [5.74, 6) is -0.975. The summed E-state index contributed by atoms with van der Waals surface area (Å²) in [5.41, 5.74) is 7.98. The summed E-state index contributed by atoms with van der Waals surface area (Å²) in [6, 6.07) is 2.62. The van der Waals surface area contributed by atoms with E-state index in [9.17, 15) is 9.59 Å². The second-order valence-corrected chi connectivity index (χ2v) is 5.50. The lowest BCUT2D eigenvalue weighted by Crippen LogP contribution is -2.36. The molecule has 1 unspecified atom stereocenters. The van der Waals surface area contributed by atoms with Crippen LogP contribution in [-0.4, -0.2) is 23.0 Å². The molecule has 0 fully saturated rings. The number of hydrogen-bond donors (Lipinski definition) is 3. The van der Waals surface area contributed by atoms with E-state index in [-0.39, 0.29) is 11.5 Å². The zero-order valence-corrected chi connectivity index (χ0v) is 12.4. The normalized spacial score (nSPS) is 12.3. The van der Waals surface area contributed by atoms with Crippen LogP contribution in [0.1, 0.15) is 41.8 Å². The smallest absolute Gasteiger partial charge is 0.336 e. The number of carbonyl (C=O) groups excluding carboxylic acids is 1. The van der Waals surface area contributed by atoms with Crippen molar-refractivity contribution in [2.45, 2.75) is 40.2 Å². The van der Waals surface area contributed by atoms with E-state index >= 15 is 0 Å². The van der Waals surface area contributed by atoms with Crippen molar-refractivity contribution in [3.63, 3.8) is 0 Å². The van der Waals surface area contributed by atoms with Gasteiger partial charge in [0.05, 0.1) is 11.6 Å². The summed E-state index contributed by atoms with van der Waals surface area (Å²) in [6.07, 6.45) is 0.586. The van der Waals surface area contributed by atoms with E-state index in [0.717, 1.165) is 5.56 Å². The number of amides is 1. The molecule has 1 amide bonds. The minimum absolute atomic E-state index is 0.192. The van der Waals surface area contributed by atoms with E-state index < -0.39 is 12.0 Å². The molecule has 0 bridgehead atoms. The number of benzene rings is 1. The molecule has 1 atom stereocenters. The summed E-state index contributed by atoms with van der Waals surface area (Å²) in [4.78, 5) is 23.1. The first-order valence-corrected chi connectivity index (χ1v) is 6.63. The largest absolute Gasteiger partial charge is 0.478 e. The Bertz CT molecular complexity index is 524. The number of nitrogens with one attached hydrogen (secondary N) is 1. The predicted molar refractivity (Wildman–Crippen MR) is 78.9 cm³/mol. The molecule has 0 spiro atoms. The van der Waals surface area contributed by atoms with Gasteiger partial charge in [-0.3, -0.25) is 4.79 Å². The molecule has 0 aliphatic rings. The van der Waals surface area contributed by atoms with Gasteiger partial charge < -0.3 is 16.2 Å². The van der Waals surface area contributed by atoms with Gasteiger partial charge in [-0.15, -0.1) is 0 Å². The molecular formula is C15H22N2O3. The van der Waals surface area contributed by atoms with E-state index in [1.54, 1.807) is 13.0 Å². The van der Waals surface area contributed by atoms with Gasteiger partial charge in [-0.2, -0.15) is 0 Å². The lowest BCUT2D eigenvalue weighted by atomic mass is 10.0. The van der Waals surface area contributed by atoms with Crippen LogP contribution in [0.5, 0.6) is 0 Å². The number of carboxylic acids is 1. The maximum atomic E-state index is 11.9. The van der Waals surface area contributed by atoms with Gasteiger partial charge in [0.25, 0.3) is 0 Å². The van der Waals surface area contributed by atoms with E-state index in [0.29, 0.717) is 23.6 Å². The molecule has 0 aromatic heterocycles. The van der Waals surface area contributed by atoms with Gasteiger partial charge in [0.2, 0.25) is 5.91 Å². The Kier molecular flexibility index (Phi) is 5.27. The summed E-state index contributed by atoms with van der Waals surface area (Å²) in [6.45, 7) is 7.54. The minimum Gasteiger partial charge on any atom is -0.478 e. The molecule has 5 heteroatoms. The van der Waals surface area contributed by atoms with Gasteiger partial charge >= 0.3 is 5.97 Å². The number of rotatable bonds is 5. The van der Waals surface area contributed by atoms with Crippen molar-refractivity contribution >= 4 is 17.6 Å². The van der Waals surface area contributed by atoms with Crippen molar-refractivity contribution in [3.05, 3.63) is 28.8 Å². The summed E-state index contributed by atoms with van der Waals surface area (Å²) >= 11 is 0.